The second-order valence-electron chi connectivity index (χ2n) is 12.1. The Morgan fingerprint density at radius 1 is 1.02 bits per heavy atom. The van der Waals surface area contributed by atoms with Crippen molar-refractivity contribution in [1.82, 2.24) is 10.2 Å². The summed E-state index contributed by atoms with van der Waals surface area (Å²) in [5.41, 5.74) is -0.154. The summed E-state index contributed by atoms with van der Waals surface area (Å²) in [6.45, 7) is 1.93. The minimum absolute atomic E-state index is 0.107. The molecule has 1 spiro atoms. The molecule has 7 atom stereocenters. The molecule has 2 fully saturated rings. The number of rotatable bonds is 6. The lowest BCUT2D eigenvalue weighted by atomic mass is 9.77. The van der Waals surface area contributed by atoms with Gasteiger partial charge < -0.3 is 34.4 Å². The van der Waals surface area contributed by atoms with Gasteiger partial charge >= 0.3 is 5.97 Å². The van der Waals surface area contributed by atoms with Gasteiger partial charge in [-0.3, -0.25) is 19.2 Å². The first-order valence-corrected chi connectivity index (χ1v) is 15.7. The fraction of sp³-hybridized carbons (Fsp3) is 0.429. The number of cyclic esters (lactones) is 1. The SMILES string of the molecule is COc1ccc(N2CC=C[C@@]34O[C@H]5/C=C\CCC(=O)N[C@@H](C)[C@H](c6ccccc6)OC(=O)[C@H]5[C@@H]3C(=O)N(CCCO)[C@H]4C2=O)cc1. The molecular formula is C35H39N3O8. The molecule has 242 valence electrons. The first kappa shape index (κ1) is 31.5. The monoisotopic (exact) mass is 629 g/mol. The molecule has 3 amide bonds. The van der Waals surface area contributed by atoms with Gasteiger partial charge in [-0.15, -0.1) is 0 Å². The number of hydrogen-bond donors (Lipinski definition) is 2. The number of aliphatic hydroxyl groups excluding tert-OH is 1. The molecule has 11 heteroatoms. The van der Waals surface area contributed by atoms with Crippen molar-refractivity contribution in [3.63, 3.8) is 0 Å². The third kappa shape index (κ3) is 5.58. The summed E-state index contributed by atoms with van der Waals surface area (Å²) in [5.74, 6) is -3.08. The van der Waals surface area contributed by atoms with E-state index in [1.807, 2.05) is 30.3 Å². The second-order valence-corrected chi connectivity index (χ2v) is 12.1. The smallest absolute Gasteiger partial charge is 0.313 e. The topological polar surface area (TPSA) is 135 Å². The number of methoxy groups -OCH3 is 1. The summed E-state index contributed by atoms with van der Waals surface area (Å²) in [4.78, 5) is 59.0. The van der Waals surface area contributed by atoms with Crippen molar-refractivity contribution in [2.24, 2.45) is 11.8 Å². The molecule has 0 saturated carbocycles. The number of anilines is 1. The number of fused-ring (bicyclic) bond motifs is 2. The molecule has 6 rings (SSSR count). The highest BCUT2D eigenvalue weighted by molar-refractivity contribution is 6.05. The summed E-state index contributed by atoms with van der Waals surface area (Å²) >= 11 is 0. The third-order valence-corrected chi connectivity index (χ3v) is 9.29. The number of hydrogen-bond acceptors (Lipinski definition) is 8. The molecule has 2 N–H and O–H groups in total. The molecule has 0 bridgehead atoms. The Bertz CT molecular complexity index is 1530. The minimum Gasteiger partial charge on any atom is -0.497 e. The van der Waals surface area contributed by atoms with Crippen molar-refractivity contribution >= 4 is 29.4 Å². The number of carbonyl (C=O) groups excluding carboxylic acids is 4. The number of nitrogens with one attached hydrogen (secondary N) is 1. The normalized spacial score (nSPS) is 31.9. The molecule has 0 aromatic heterocycles. The number of esters is 1. The lowest BCUT2D eigenvalue weighted by Crippen LogP contribution is -2.55. The van der Waals surface area contributed by atoms with Gasteiger partial charge in [0.2, 0.25) is 11.8 Å². The van der Waals surface area contributed by atoms with Crippen molar-refractivity contribution in [1.29, 1.82) is 0 Å². The fourth-order valence-electron chi connectivity index (χ4n) is 7.18. The number of benzene rings is 2. The zero-order chi connectivity index (χ0) is 32.4. The number of likely N-dealkylation sites (tertiary alicyclic amines) is 1. The summed E-state index contributed by atoms with van der Waals surface area (Å²) in [7, 11) is 1.56. The molecule has 2 aromatic rings. The first-order chi connectivity index (χ1) is 22.3. The van der Waals surface area contributed by atoms with Crippen molar-refractivity contribution in [2.75, 3.05) is 31.7 Å². The van der Waals surface area contributed by atoms with Gasteiger partial charge in [-0.05, 0) is 49.6 Å². The van der Waals surface area contributed by atoms with Crippen LogP contribution in [0.1, 0.15) is 37.9 Å². The Kier molecular flexibility index (Phi) is 8.97. The molecule has 4 aliphatic rings. The van der Waals surface area contributed by atoms with Crippen LogP contribution in [0, 0.1) is 11.8 Å². The Morgan fingerprint density at radius 3 is 2.50 bits per heavy atom. The van der Waals surface area contributed by atoms with E-state index in [0.29, 0.717) is 23.4 Å². The second kappa shape index (κ2) is 13.1. The van der Waals surface area contributed by atoms with Gasteiger partial charge in [0.15, 0.2) is 0 Å². The molecule has 11 nitrogen and oxygen atoms in total. The van der Waals surface area contributed by atoms with Crippen LogP contribution in [-0.4, -0.2) is 84.3 Å². The standard InChI is InChI=1S/C35H39N3O8/c1-22-30(23-10-4-3-5-11-23)45-34(43)28-26(12-6-7-13-27(40)36-22)46-35-18-8-19-37(24-14-16-25(44-2)17-15-24)33(42)31(35)38(20-9-21-39)32(41)29(28)35/h3-6,8,10-12,14-18,22,26,28-31,39H,7,9,13,19-21H2,1-2H3,(H,36,40)/b12-6-/t22-,26-,28+,29+,30+,31-,35+/m0/s1. The van der Waals surface area contributed by atoms with Crippen molar-refractivity contribution in [2.45, 2.75) is 56.1 Å². The largest absolute Gasteiger partial charge is 0.497 e. The van der Waals surface area contributed by atoms with E-state index >= 15 is 0 Å². The Morgan fingerprint density at radius 2 is 1.78 bits per heavy atom. The van der Waals surface area contributed by atoms with Crippen LogP contribution in [-0.2, 0) is 28.7 Å². The highest BCUT2D eigenvalue weighted by Crippen LogP contribution is 2.53. The molecule has 46 heavy (non-hydrogen) atoms. The molecule has 0 unspecified atom stereocenters. The zero-order valence-corrected chi connectivity index (χ0v) is 25.9. The summed E-state index contributed by atoms with van der Waals surface area (Å²) < 4.78 is 18.2. The number of allylic oxidation sites excluding steroid dienone is 1. The van der Waals surface area contributed by atoms with Crippen LogP contribution in [0.3, 0.4) is 0 Å². The zero-order valence-electron chi connectivity index (χ0n) is 25.9. The van der Waals surface area contributed by atoms with E-state index in [1.165, 1.54) is 4.90 Å². The van der Waals surface area contributed by atoms with Gasteiger partial charge in [-0.2, -0.15) is 0 Å². The quantitative estimate of drug-likeness (QED) is 0.368. The molecule has 2 saturated heterocycles. The Balaban J connectivity index is 1.42. The van der Waals surface area contributed by atoms with Crippen LogP contribution < -0.4 is 15.0 Å². The van der Waals surface area contributed by atoms with E-state index in [1.54, 1.807) is 67.5 Å². The lowest BCUT2D eigenvalue weighted by Gasteiger charge is -2.35. The number of nitrogens with zero attached hydrogens (tertiary/aromatic N) is 2. The maximum atomic E-state index is 14.5. The van der Waals surface area contributed by atoms with Gasteiger partial charge in [-0.25, -0.2) is 0 Å². The third-order valence-electron chi connectivity index (χ3n) is 9.29. The van der Waals surface area contributed by atoms with Gasteiger partial charge in [0.25, 0.3) is 5.91 Å². The van der Waals surface area contributed by atoms with Crippen LogP contribution >= 0.6 is 0 Å². The number of ether oxygens (including phenoxy) is 3. The Hall–Kier alpha value is -4.48. The maximum Gasteiger partial charge on any atom is 0.313 e. The van der Waals surface area contributed by atoms with Crippen LogP contribution in [0.2, 0.25) is 0 Å². The van der Waals surface area contributed by atoms with Crippen LogP contribution in [0.15, 0.2) is 78.9 Å². The van der Waals surface area contributed by atoms with Crippen molar-refractivity contribution in [3.05, 3.63) is 84.5 Å². The van der Waals surface area contributed by atoms with Crippen molar-refractivity contribution in [3.8, 4) is 5.75 Å². The van der Waals surface area contributed by atoms with Gasteiger partial charge in [-0.1, -0.05) is 54.6 Å². The van der Waals surface area contributed by atoms with E-state index in [9.17, 15) is 24.3 Å². The van der Waals surface area contributed by atoms with E-state index in [2.05, 4.69) is 5.32 Å². The predicted molar refractivity (Wildman–Crippen MR) is 168 cm³/mol. The minimum atomic E-state index is -1.47. The number of carbonyl (C=O) groups is 4. The first-order valence-electron chi connectivity index (χ1n) is 15.7. The average molecular weight is 630 g/mol. The molecular weight excluding hydrogens is 590 g/mol. The fourth-order valence-corrected chi connectivity index (χ4v) is 7.18. The average Bonchev–Trinajstić information content (AvgIpc) is 3.44. The predicted octanol–water partition coefficient (Wildman–Crippen LogP) is 2.70. The van der Waals surface area contributed by atoms with Crippen molar-refractivity contribution < 1.29 is 38.5 Å². The van der Waals surface area contributed by atoms with Gasteiger partial charge in [0.1, 0.15) is 29.4 Å². The highest BCUT2D eigenvalue weighted by Gasteiger charge is 2.71. The molecule has 0 radical (unpaired) electrons. The van der Waals surface area contributed by atoms with E-state index in [0.717, 1.165) is 0 Å². The molecule has 0 aliphatic carbocycles. The Labute approximate surface area is 267 Å². The van der Waals surface area contributed by atoms with Gasteiger partial charge in [0.05, 0.1) is 25.2 Å². The highest BCUT2D eigenvalue weighted by atomic mass is 16.6. The molecule has 4 aliphatic heterocycles. The summed E-state index contributed by atoms with van der Waals surface area (Å²) in [5, 5.41) is 12.6. The van der Waals surface area contributed by atoms with Gasteiger partial charge in [0, 0.05) is 31.8 Å². The molecule has 2 aromatic carbocycles. The maximum absolute atomic E-state index is 14.5. The van der Waals surface area contributed by atoms with E-state index in [-0.39, 0.29) is 44.4 Å². The van der Waals surface area contributed by atoms with Crippen LogP contribution in [0.4, 0.5) is 5.69 Å². The lowest BCUT2D eigenvalue weighted by molar-refractivity contribution is -0.161. The summed E-state index contributed by atoms with van der Waals surface area (Å²) in [6, 6.07) is 14.6. The van der Waals surface area contributed by atoms with Crippen LogP contribution in [0.25, 0.3) is 0 Å². The molecule has 4 heterocycles. The summed E-state index contributed by atoms with van der Waals surface area (Å²) in [6.07, 6.45) is 6.20. The number of amides is 3. The number of aliphatic hydroxyl groups is 1. The van der Waals surface area contributed by atoms with E-state index in [4.69, 9.17) is 14.2 Å². The van der Waals surface area contributed by atoms with E-state index < -0.39 is 53.6 Å². The van der Waals surface area contributed by atoms with Crippen LogP contribution in [0.5, 0.6) is 5.75 Å².